The van der Waals surface area contributed by atoms with Crippen molar-refractivity contribution in [2.24, 2.45) is 0 Å². The van der Waals surface area contributed by atoms with Crippen LogP contribution in [0.4, 0.5) is 0 Å². The van der Waals surface area contributed by atoms with Crippen molar-refractivity contribution in [2.75, 3.05) is 0 Å². The smallest absolute Gasteiger partial charge is 0.115 e. The topological polar surface area (TPSA) is 60.7 Å². The monoisotopic (exact) mass is 396 g/mol. The second kappa shape index (κ2) is 9.03. The highest BCUT2D eigenvalue weighted by Crippen LogP contribution is 2.45. The molecule has 28 heavy (non-hydrogen) atoms. The van der Waals surface area contributed by atoms with Crippen LogP contribution in [0.5, 0.6) is 17.2 Å². The highest BCUT2D eigenvalue weighted by atomic mass is 35.5. The van der Waals surface area contributed by atoms with Crippen LogP contribution in [0.2, 0.25) is 5.02 Å². The minimum atomic E-state index is 0.0274. The van der Waals surface area contributed by atoms with Crippen LogP contribution in [0.3, 0.4) is 0 Å². The van der Waals surface area contributed by atoms with E-state index in [1.165, 1.54) is 30.4 Å². The van der Waals surface area contributed by atoms with E-state index < -0.39 is 0 Å². The van der Waals surface area contributed by atoms with Gasteiger partial charge in [0.05, 0.1) is 0 Å². The van der Waals surface area contributed by atoms with E-state index in [1.54, 1.807) is 48.5 Å². The van der Waals surface area contributed by atoms with Crippen molar-refractivity contribution in [1.82, 2.24) is 0 Å². The zero-order valence-electron chi connectivity index (χ0n) is 15.7. The van der Waals surface area contributed by atoms with Crippen LogP contribution in [0, 0.1) is 0 Å². The van der Waals surface area contributed by atoms with Crippen molar-refractivity contribution < 1.29 is 15.3 Å². The van der Waals surface area contributed by atoms with E-state index in [-0.39, 0.29) is 11.2 Å². The molecule has 0 atom stereocenters. The maximum absolute atomic E-state index is 9.51. The average Bonchev–Trinajstić information content (AvgIpc) is 2.72. The van der Waals surface area contributed by atoms with E-state index in [4.69, 9.17) is 16.7 Å². The lowest BCUT2D eigenvalue weighted by Crippen LogP contribution is -2.30. The molecular formula is C24H25ClO3. The van der Waals surface area contributed by atoms with Crippen molar-refractivity contribution in [2.45, 2.75) is 37.5 Å². The zero-order valence-corrected chi connectivity index (χ0v) is 16.4. The van der Waals surface area contributed by atoms with Crippen molar-refractivity contribution in [3.8, 4) is 17.2 Å². The predicted molar refractivity (Wildman–Crippen MR) is 113 cm³/mol. The number of phenols is 3. The fraction of sp³-hybridized carbons (Fsp3) is 0.250. The minimum Gasteiger partial charge on any atom is -0.508 e. The SMILES string of the molecule is Oc1ccc(C2(c3ccc(O)cc3)CCCCC2)cc1.Oc1ccc(Cl)cc1. The normalized spacial score (nSPS) is 15.3. The number of rotatable bonds is 2. The van der Waals surface area contributed by atoms with Gasteiger partial charge in [0.1, 0.15) is 17.2 Å². The van der Waals surface area contributed by atoms with E-state index in [9.17, 15) is 10.2 Å². The highest BCUT2D eigenvalue weighted by molar-refractivity contribution is 6.30. The number of halogens is 1. The van der Waals surface area contributed by atoms with Crippen LogP contribution >= 0.6 is 11.6 Å². The van der Waals surface area contributed by atoms with Gasteiger partial charge in [-0.3, -0.25) is 0 Å². The van der Waals surface area contributed by atoms with Crippen molar-refractivity contribution in [3.05, 3.63) is 88.9 Å². The van der Waals surface area contributed by atoms with Gasteiger partial charge >= 0.3 is 0 Å². The quantitative estimate of drug-likeness (QED) is 0.470. The molecule has 4 heteroatoms. The molecule has 3 aromatic carbocycles. The molecule has 3 nitrogen and oxygen atoms in total. The van der Waals surface area contributed by atoms with Crippen LogP contribution in [-0.2, 0) is 5.41 Å². The molecule has 3 N–H and O–H groups in total. The first-order valence-electron chi connectivity index (χ1n) is 9.53. The third-order valence-corrected chi connectivity index (χ3v) is 5.63. The first-order chi connectivity index (χ1) is 13.5. The molecule has 0 unspecified atom stereocenters. The molecule has 0 aliphatic heterocycles. The van der Waals surface area contributed by atoms with Gasteiger partial charge in [0, 0.05) is 10.4 Å². The molecule has 3 aromatic rings. The lowest BCUT2D eigenvalue weighted by Gasteiger charge is -2.38. The van der Waals surface area contributed by atoms with E-state index in [0.29, 0.717) is 16.5 Å². The molecular weight excluding hydrogens is 372 g/mol. The van der Waals surface area contributed by atoms with Gasteiger partial charge in [0.2, 0.25) is 0 Å². The van der Waals surface area contributed by atoms with Gasteiger partial charge in [-0.05, 0) is 72.5 Å². The van der Waals surface area contributed by atoms with Gasteiger partial charge in [0.25, 0.3) is 0 Å². The molecule has 1 aliphatic carbocycles. The third-order valence-electron chi connectivity index (χ3n) is 5.37. The van der Waals surface area contributed by atoms with Crippen molar-refractivity contribution >= 4 is 11.6 Å². The minimum absolute atomic E-state index is 0.0274. The number of aromatic hydroxyl groups is 3. The van der Waals surface area contributed by atoms with Crippen LogP contribution in [0.1, 0.15) is 43.2 Å². The molecule has 4 rings (SSSR count). The molecule has 1 saturated carbocycles. The number of phenolic OH excluding ortho intramolecular Hbond substituents is 3. The molecule has 146 valence electrons. The van der Waals surface area contributed by atoms with Gasteiger partial charge in [-0.2, -0.15) is 0 Å². The van der Waals surface area contributed by atoms with E-state index in [1.807, 2.05) is 24.3 Å². The molecule has 0 heterocycles. The Kier molecular flexibility index (Phi) is 6.48. The second-order valence-corrected chi connectivity index (χ2v) is 7.65. The molecule has 1 fully saturated rings. The van der Waals surface area contributed by atoms with Gasteiger partial charge in [0.15, 0.2) is 0 Å². The third kappa shape index (κ3) is 4.79. The molecule has 1 aliphatic rings. The fourth-order valence-electron chi connectivity index (χ4n) is 3.90. The van der Waals surface area contributed by atoms with E-state index in [0.717, 1.165) is 12.8 Å². The highest BCUT2D eigenvalue weighted by Gasteiger charge is 2.35. The Morgan fingerprint density at radius 1 is 0.536 bits per heavy atom. The van der Waals surface area contributed by atoms with Crippen molar-refractivity contribution in [3.63, 3.8) is 0 Å². The summed E-state index contributed by atoms with van der Waals surface area (Å²) in [6, 6.07) is 21.6. The molecule has 0 amide bonds. The Labute approximate surface area is 170 Å². The summed E-state index contributed by atoms with van der Waals surface area (Å²) in [6.07, 6.45) is 5.99. The first kappa shape index (κ1) is 20.1. The lowest BCUT2D eigenvalue weighted by atomic mass is 9.65. The van der Waals surface area contributed by atoms with Gasteiger partial charge in [-0.15, -0.1) is 0 Å². The summed E-state index contributed by atoms with van der Waals surface area (Å²) in [5.41, 5.74) is 2.56. The number of benzene rings is 3. The summed E-state index contributed by atoms with van der Waals surface area (Å²) < 4.78 is 0. The van der Waals surface area contributed by atoms with Crippen LogP contribution in [0.25, 0.3) is 0 Å². The Morgan fingerprint density at radius 3 is 1.25 bits per heavy atom. The fourth-order valence-corrected chi connectivity index (χ4v) is 4.03. The lowest BCUT2D eigenvalue weighted by molar-refractivity contribution is 0.345. The summed E-state index contributed by atoms with van der Waals surface area (Å²) in [5, 5.41) is 28.4. The van der Waals surface area contributed by atoms with E-state index >= 15 is 0 Å². The molecule has 0 bridgehead atoms. The largest absolute Gasteiger partial charge is 0.508 e. The van der Waals surface area contributed by atoms with Gasteiger partial charge in [-0.25, -0.2) is 0 Å². The van der Waals surface area contributed by atoms with Crippen LogP contribution < -0.4 is 0 Å². The maximum Gasteiger partial charge on any atom is 0.115 e. The Morgan fingerprint density at radius 2 is 0.893 bits per heavy atom. The molecule has 0 spiro atoms. The maximum atomic E-state index is 9.51. The van der Waals surface area contributed by atoms with E-state index in [2.05, 4.69) is 0 Å². The zero-order chi connectivity index (χ0) is 20.0. The molecule has 0 saturated heterocycles. The first-order valence-corrected chi connectivity index (χ1v) is 9.91. The van der Waals surface area contributed by atoms with Crippen LogP contribution in [0.15, 0.2) is 72.8 Å². The summed E-state index contributed by atoms with van der Waals surface area (Å²) in [4.78, 5) is 0. The van der Waals surface area contributed by atoms with Crippen molar-refractivity contribution in [1.29, 1.82) is 0 Å². The second-order valence-electron chi connectivity index (χ2n) is 7.21. The number of hydrogen-bond acceptors (Lipinski definition) is 3. The molecule has 0 radical (unpaired) electrons. The van der Waals surface area contributed by atoms with Gasteiger partial charge < -0.3 is 15.3 Å². The summed E-state index contributed by atoms with van der Waals surface area (Å²) in [5.74, 6) is 0.866. The number of hydrogen-bond donors (Lipinski definition) is 3. The average molecular weight is 397 g/mol. The van der Waals surface area contributed by atoms with Crippen LogP contribution in [-0.4, -0.2) is 15.3 Å². The summed E-state index contributed by atoms with van der Waals surface area (Å²) >= 11 is 5.50. The Balaban J connectivity index is 0.000000236. The Hall–Kier alpha value is -2.65. The predicted octanol–water partition coefficient (Wildman–Crippen LogP) is 6.39. The molecule has 0 aromatic heterocycles. The van der Waals surface area contributed by atoms with Gasteiger partial charge in [-0.1, -0.05) is 55.1 Å². The summed E-state index contributed by atoms with van der Waals surface area (Å²) in [6.45, 7) is 0. The Bertz CT molecular complexity index is 797. The standard InChI is InChI=1S/C18H20O2.C6H5ClO/c19-16-8-4-14(5-9-16)18(12-2-1-3-13-18)15-6-10-17(20)11-7-15;7-5-1-3-6(8)4-2-5/h4-11,19-20H,1-3,12-13H2;1-4,8H. The summed E-state index contributed by atoms with van der Waals surface area (Å²) in [7, 11) is 0.